The highest BCUT2D eigenvalue weighted by atomic mass is 15.2. The fourth-order valence-electron chi connectivity index (χ4n) is 2.15. The number of hydrazine groups is 1. The monoisotopic (exact) mass is 246 g/mol. The number of allylic oxidation sites excluding steroid dienone is 1. The maximum absolute atomic E-state index is 5.65. The Labute approximate surface area is 111 Å². The summed E-state index contributed by atoms with van der Waals surface area (Å²) < 4.78 is 0. The van der Waals surface area contributed by atoms with E-state index in [1.54, 1.807) is 0 Å². The van der Waals surface area contributed by atoms with Crippen molar-refractivity contribution in [2.24, 2.45) is 5.84 Å². The van der Waals surface area contributed by atoms with Crippen LogP contribution in [0, 0.1) is 0 Å². The van der Waals surface area contributed by atoms with Crippen LogP contribution in [0.25, 0.3) is 0 Å². The van der Waals surface area contributed by atoms with Crippen molar-refractivity contribution in [1.29, 1.82) is 0 Å². The lowest BCUT2D eigenvalue weighted by atomic mass is 9.99. The topological polar surface area (TPSA) is 38.0 Å². The largest absolute Gasteiger partial charge is 0.271 e. The van der Waals surface area contributed by atoms with Gasteiger partial charge in [0.15, 0.2) is 0 Å². The third-order valence-electron chi connectivity index (χ3n) is 3.39. The lowest BCUT2D eigenvalue weighted by Gasteiger charge is -2.16. The third-order valence-corrected chi connectivity index (χ3v) is 3.39. The molecular formula is C16H26N2. The molecular weight excluding hydrogens is 220 g/mol. The molecule has 1 aromatic rings. The van der Waals surface area contributed by atoms with Crippen molar-refractivity contribution in [3.8, 4) is 0 Å². The summed E-state index contributed by atoms with van der Waals surface area (Å²) >= 11 is 0. The van der Waals surface area contributed by atoms with Crippen molar-refractivity contribution < 1.29 is 0 Å². The van der Waals surface area contributed by atoms with Crippen LogP contribution in [0.2, 0.25) is 0 Å². The van der Waals surface area contributed by atoms with Gasteiger partial charge in [0.1, 0.15) is 0 Å². The van der Waals surface area contributed by atoms with Gasteiger partial charge >= 0.3 is 0 Å². The molecule has 1 atom stereocenters. The maximum atomic E-state index is 5.65. The van der Waals surface area contributed by atoms with Crippen LogP contribution in [0.3, 0.4) is 0 Å². The summed E-state index contributed by atoms with van der Waals surface area (Å²) in [6.45, 7) is 5.92. The summed E-state index contributed by atoms with van der Waals surface area (Å²) in [6, 6.07) is 9.04. The normalized spacial score (nSPS) is 12.3. The van der Waals surface area contributed by atoms with Crippen LogP contribution in [-0.2, 0) is 6.42 Å². The van der Waals surface area contributed by atoms with Crippen LogP contribution >= 0.6 is 0 Å². The van der Waals surface area contributed by atoms with Gasteiger partial charge in [-0.2, -0.15) is 0 Å². The van der Waals surface area contributed by atoms with E-state index in [1.807, 2.05) is 6.08 Å². The number of nitrogens with two attached hydrogens (primary N) is 1. The predicted octanol–water partition coefficient (Wildman–Crippen LogP) is 3.89. The quantitative estimate of drug-likeness (QED) is 0.300. The number of nitrogens with one attached hydrogen (secondary N) is 1. The van der Waals surface area contributed by atoms with Crippen LogP contribution in [0.5, 0.6) is 0 Å². The van der Waals surface area contributed by atoms with E-state index in [9.17, 15) is 0 Å². The van der Waals surface area contributed by atoms with Crippen LogP contribution in [0.4, 0.5) is 0 Å². The highest BCUT2D eigenvalue weighted by Gasteiger charge is 2.08. The fourth-order valence-corrected chi connectivity index (χ4v) is 2.15. The lowest BCUT2D eigenvalue weighted by molar-refractivity contribution is 0.484. The molecule has 18 heavy (non-hydrogen) atoms. The molecule has 0 saturated heterocycles. The Morgan fingerprint density at radius 1 is 1.22 bits per heavy atom. The van der Waals surface area contributed by atoms with Crippen molar-refractivity contribution in [2.75, 3.05) is 0 Å². The minimum atomic E-state index is 0.277. The zero-order valence-corrected chi connectivity index (χ0v) is 11.5. The highest BCUT2D eigenvalue weighted by molar-refractivity contribution is 5.24. The van der Waals surface area contributed by atoms with Gasteiger partial charge < -0.3 is 0 Å². The molecule has 0 aromatic heterocycles. The number of aryl methyl sites for hydroxylation is 1. The van der Waals surface area contributed by atoms with Gasteiger partial charge in [0.25, 0.3) is 0 Å². The molecule has 0 radical (unpaired) electrons. The molecule has 0 aliphatic carbocycles. The summed E-state index contributed by atoms with van der Waals surface area (Å²) in [4.78, 5) is 0. The Morgan fingerprint density at radius 3 is 2.50 bits per heavy atom. The summed E-state index contributed by atoms with van der Waals surface area (Å²) in [5.74, 6) is 5.65. The molecule has 1 rings (SSSR count). The van der Waals surface area contributed by atoms with Crippen LogP contribution in [0.1, 0.15) is 56.2 Å². The number of hydrogen-bond donors (Lipinski definition) is 2. The Morgan fingerprint density at radius 2 is 1.94 bits per heavy atom. The minimum absolute atomic E-state index is 0.277. The molecule has 2 heteroatoms. The van der Waals surface area contributed by atoms with Gasteiger partial charge in [-0.3, -0.25) is 11.3 Å². The average molecular weight is 246 g/mol. The van der Waals surface area contributed by atoms with Gasteiger partial charge in [-0.15, -0.1) is 6.58 Å². The van der Waals surface area contributed by atoms with E-state index in [-0.39, 0.29) is 6.04 Å². The van der Waals surface area contributed by atoms with Crippen molar-refractivity contribution in [3.63, 3.8) is 0 Å². The molecule has 0 aliphatic heterocycles. The SMILES string of the molecule is C=CCCCCCC(NN)c1ccc(CC)cc1. The molecule has 100 valence electrons. The first-order valence-electron chi connectivity index (χ1n) is 6.97. The lowest BCUT2D eigenvalue weighted by Crippen LogP contribution is -2.27. The minimum Gasteiger partial charge on any atom is -0.271 e. The number of hydrogen-bond acceptors (Lipinski definition) is 2. The standard InChI is InChI=1S/C16H26N2/c1-3-5-6-7-8-9-16(18-17)15-12-10-14(4-2)11-13-15/h3,10-13,16,18H,1,4-9,17H2,2H3. The van der Waals surface area contributed by atoms with E-state index >= 15 is 0 Å². The molecule has 0 amide bonds. The van der Waals surface area contributed by atoms with E-state index in [0.29, 0.717) is 0 Å². The van der Waals surface area contributed by atoms with Crippen molar-refractivity contribution in [1.82, 2.24) is 5.43 Å². The molecule has 0 fully saturated rings. The summed E-state index contributed by atoms with van der Waals surface area (Å²) in [5, 5.41) is 0. The van der Waals surface area contributed by atoms with Crippen molar-refractivity contribution >= 4 is 0 Å². The van der Waals surface area contributed by atoms with E-state index in [1.165, 1.54) is 30.4 Å². The molecule has 0 spiro atoms. The van der Waals surface area contributed by atoms with Crippen molar-refractivity contribution in [3.05, 3.63) is 48.0 Å². The second-order valence-corrected chi connectivity index (χ2v) is 4.74. The van der Waals surface area contributed by atoms with Gasteiger partial charge in [0.2, 0.25) is 0 Å². The first-order valence-corrected chi connectivity index (χ1v) is 6.97. The van der Waals surface area contributed by atoms with E-state index < -0.39 is 0 Å². The molecule has 2 nitrogen and oxygen atoms in total. The van der Waals surface area contributed by atoms with Gasteiger partial charge in [-0.25, -0.2) is 0 Å². The summed E-state index contributed by atoms with van der Waals surface area (Å²) in [6.07, 6.45) is 8.97. The smallest absolute Gasteiger partial charge is 0.0460 e. The van der Waals surface area contributed by atoms with Gasteiger partial charge in [0, 0.05) is 6.04 Å². The first kappa shape index (κ1) is 14.9. The summed E-state index contributed by atoms with van der Waals surface area (Å²) in [7, 11) is 0. The molecule has 3 N–H and O–H groups in total. The molecule has 0 bridgehead atoms. The number of benzene rings is 1. The van der Waals surface area contributed by atoms with Crippen LogP contribution in [0.15, 0.2) is 36.9 Å². The fraction of sp³-hybridized carbons (Fsp3) is 0.500. The Hall–Kier alpha value is -1.12. The van der Waals surface area contributed by atoms with Crippen LogP contribution in [-0.4, -0.2) is 0 Å². The number of rotatable bonds is 9. The molecule has 0 saturated carbocycles. The molecule has 1 unspecified atom stereocenters. The zero-order chi connectivity index (χ0) is 13.2. The molecule has 0 aliphatic rings. The van der Waals surface area contributed by atoms with E-state index in [0.717, 1.165) is 19.3 Å². The van der Waals surface area contributed by atoms with Gasteiger partial charge in [0.05, 0.1) is 0 Å². The summed E-state index contributed by atoms with van der Waals surface area (Å²) in [5.41, 5.74) is 5.59. The van der Waals surface area contributed by atoms with Crippen molar-refractivity contribution in [2.45, 2.75) is 51.5 Å². The van der Waals surface area contributed by atoms with E-state index in [4.69, 9.17) is 5.84 Å². The van der Waals surface area contributed by atoms with Crippen LogP contribution < -0.4 is 11.3 Å². The molecule has 0 heterocycles. The average Bonchev–Trinajstić information content (AvgIpc) is 2.43. The predicted molar refractivity (Wildman–Crippen MR) is 79.2 cm³/mol. The highest BCUT2D eigenvalue weighted by Crippen LogP contribution is 2.20. The second-order valence-electron chi connectivity index (χ2n) is 4.74. The molecule has 1 aromatic carbocycles. The third kappa shape index (κ3) is 5.03. The second kappa shape index (κ2) is 8.90. The van der Waals surface area contributed by atoms with E-state index in [2.05, 4.69) is 43.2 Å². The Balaban J connectivity index is 2.41. The first-order chi connectivity index (χ1) is 8.81. The zero-order valence-electron chi connectivity index (χ0n) is 11.5. The van der Waals surface area contributed by atoms with Gasteiger partial charge in [-0.05, 0) is 36.8 Å². The maximum Gasteiger partial charge on any atom is 0.0460 e. The Bertz CT molecular complexity index is 329. The number of unbranched alkanes of at least 4 members (excludes halogenated alkanes) is 3. The van der Waals surface area contributed by atoms with Gasteiger partial charge in [-0.1, -0.05) is 50.1 Å². The Kier molecular flexibility index (Phi) is 7.38.